The summed E-state index contributed by atoms with van der Waals surface area (Å²) in [5.41, 5.74) is 1.24. The molecule has 1 N–H and O–H groups in total. The van der Waals surface area contributed by atoms with Crippen molar-refractivity contribution in [1.29, 1.82) is 0 Å². The van der Waals surface area contributed by atoms with Crippen LogP contribution in [0.3, 0.4) is 0 Å². The van der Waals surface area contributed by atoms with Crippen molar-refractivity contribution in [1.82, 2.24) is 10.3 Å². The van der Waals surface area contributed by atoms with Gasteiger partial charge in [-0.05, 0) is 41.9 Å². The minimum atomic E-state index is 0.407. The molecule has 18 heavy (non-hydrogen) atoms. The summed E-state index contributed by atoms with van der Waals surface area (Å²) in [7, 11) is 3.76. The standard InChI is InChI=1S/C13H20BrN3O/c1-15-8-10-7-11(14)9-16-13(10)17-5-3-12(18-2)4-6-17/h7,9,12,15H,3-6,8H2,1-2H3. The molecule has 0 saturated carbocycles. The Morgan fingerprint density at radius 2 is 2.22 bits per heavy atom. The van der Waals surface area contributed by atoms with Crippen LogP contribution in [0.15, 0.2) is 16.7 Å². The maximum atomic E-state index is 5.41. The van der Waals surface area contributed by atoms with Crippen molar-refractivity contribution in [3.63, 3.8) is 0 Å². The number of methoxy groups -OCH3 is 1. The lowest BCUT2D eigenvalue weighted by Crippen LogP contribution is -2.37. The maximum absolute atomic E-state index is 5.41. The van der Waals surface area contributed by atoms with Gasteiger partial charge in [-0.1, -0.05) is 0 Å². The zero-order valence-electron chi connectivity index (χ0n) is 10.9. The van der Waals surface area contributed by atoms with E-state index >= 15 is 0 Å². The van der Waals surface area contributed by atoms with Crippen molar-refractivity contribution in [3.05, 3.63) is 22.3 Å². The Balaban J connectivity index is 2.13. The SMILES string of the molecule is CNCc1cc(Br)cnc1N1CCC(OC)CC1. The fraction of sp³-hybridized carbons (Fsp3) is 0.615. The first-order valence-electron chi connectivity index (χ1n) is 6.31. The topological polar surface area (TPSA) is 37.4 Å². The number of hydrogen-bond donors (Lipinski definition) is 1. The molecule has 1 aliphatic heterocycles. The van der Waals surface area contributed by atoms with Gasteiger partial charge >= 0.3 is 0 Å². The Morgan fingerprint density at radius 1 is 1.50 bits per heavy atom. The predicted octanol–water partition coefficient (Wildman–Crippen LogP) is 2.18. The molecule has 0 amide bonds. The van der Waals surface area contributed by atoms with Gasteiger partial charge in [-0.25, -0.2) is 4.98 Å². The number of rotatable bonds is 4. The zero-order valence-corrected chi connectivity index (χ0v) is 12.5. The number of anilines is 1. The van der Waals surface area contributed by atoms with Crippen LogP contribution in [0.2, 0.25) is 0 Å². The van der Waals surface area contributed by atoms with Gasteiger partial charge in [-0.2, -0.15) is 0 Å². The highest BCUT2D eigenvalue weighted by molar-refractivity contribution is 9.10. The van der Waals surface area contributed by atoms with Gasteiger partial charge < -0.3 is 15.0 Å². The first-order chi connectivity index (χ1) is 8.74. The van der Waals surface area contributed by atoms with Crippen molar-refractivity contribution in [3.8, 4) is 0 Å². The number of aromatic nitrogens is 1. The molecule has 1 saturated heterocycles. The molecule has 5 heteroatoms. The number of hydrogen-bond acceptors (Lipinski definition) is 4. The lowest BCUT2D eigenvalue weighted by Gasteiger charge is -2.33. The van der Waals surface area contributed by atoms with Crippen LogP contribution in [0.1, 0.15) is 18.4 Å². The molecular weight excluding hydrogens is 294 g/mol. The normalized spacial score (nSPS) is 17.2. The molecule has 0 aliphatic carbocycles. The number of piperidine rings is 1. The monoisotopic (exact) mass is 313 g/mol. The van der Waals surface area contributed by atoms with Crippen LogP contribution >= 0.6 is 15.9 Å². The van der Waals surface area contributed by atoms with Crippen molar-refractivity contribution in [2.75, 3.05) is 32.1 Å². The average Bonchev–Trinajstić information content (AvgIpc) is 2.40. The fourth-order valence-electron chi connectivity index (χ4n) is 2.38. The van der Waals surface area contributed by atoms with Crippen molar-refractivity contribution >= 4 is 21.7 Å². The molecule has 2 rings (SSSR count). The van der Waals surface area contributed by atoms with Crippen LogP contribution in [0.4, 0.5) is 5.82 Å². The fourth-order valence-corrected chi connectivity index (χ4v) is 2.76. The predicted molar refractivity (Wildman–Crippen MR) is 76.9 cm³/mol. The lowest BCUT2D eigenvalue weighted by molar-refractivity contribution is 0.0817. The van der Waals surface area contributed by atoms with Gasteiger partial charge in [-0.3, -0.25) is 0 Å². The highest BCUT2D eigenvalue weighted by Crippen LogP contribution is 2.25. The van der Waals surface area contributed by atoms with E-state index in [1.165, 1.54) is 5.56 Å². The van der Waals surface area contributed by atoms with Crippen LogP contribution in [0, 0.1) is 0 Å². The number of pyridine rings is 1. The zero-order chi connectivity index (χ0) is 13.0. The molecule has 0 unspecified atom stereocenters. The highest BCUT2D eigenvalue weighted by Gasteiger charge is 2.21. The second-order valence-corrected chi connectivity index (χ2v) is 5.50. The molecule has 1 fully saturated rings. The summed E-state index contributed by atoms with van der Waals surface area (Å²) in [6.45, 7) is 2.87. The van der Waals surface area contributed by atoms with E-state index in [9.17, 15) is 0 Å². The second kappa shape index (κ2) is 6.50. The van der Waals surface area contributed by atoms with Crippen LogP contribution in [-0.4, -0.2) is 38.3 Å². The van der Waals surface area contributed by atoms with E-state index in [0.717, 1.165) is 42.8 Å². The first-order valence-corrected chi connectivity index (χ1v) is 7.10. The molecule has 2 heterocycles. The van der Waals surface area contributed by atoms with Crippen LogP contribution in [-0.2, 0) is 11.3 Å². The lowest BCUT2D eigenvalue weighted by atomic mass is 10.1. The Labute approximate surface area is 117 Å². The van der Waals surface area contributed by atoms with Crippen molar-refractivity contribution in [2.45, 2.75) is 25.5 Å². The number of nitrogens with zero attached hydrogens (tertiary/aromatic N) is 2. The van der Waals surface area contributed by atoms with Crippen LogP contribution < -0.4 is 10.2 Å². The summed E-state index contributed by atoms with van der Waals surface area (Å²) in [6.07, 6.45) is 4.43. The van der Waals surface area contributed by atoms with Crippen LogP contribution in [0.25, 0.3) is 0 Å². The van der Waals surface area contributed by atoms with E-state index in [4.69, 9.17) is 4.74 Å². The third-order valence-electron chi connectivity index (χ3n) is 3.35. The largest absolute Gasteiger partial charge is 0.381 e. The summed E-state index contributed by atoms with van der Waals surface area (Å²) in [5.74, 6) is 1.10. The maximum Gasteiger partial charge on any atom is 0.133 e. The van der Waals surface area contributed by atoms with Crippen molar-refractivity contribution in [2.24, 2.45) is 0 Å². The Morgan fingerprint density at radius 3 is 2.83 bits per heavy atom. The van der Waals surface area contributed by atoms with Gasteiger partial charge in [-0.15, -0.1) is 0 Å². The molecule has 1 aliphatic rings. The van der Waals surface area contributed by atoms with Gasteiger partial charge in [0.15, 0.2) is 0 Å². The minimum absolute atomic E-state index is 0.407. The summed E-state index contributed by atoms with van der Waals surface area (Å²) >= 11 is 3.48. The third-order valence-corrected chi connectivity index (χ3v) is 3.79. The molecule has 0 aromatic carbocycles. The molecule has 1 aromatic rings. The van der Waals surface area contributed by atoms with E-state index in [1.54, 1.807) is 7.11 Å². The van der Waals surface area contributed by atoms with Gasteiger partial charge in [0, 0.05) is 43.0 Å². The Bertz CT molecular complexity index is 392. The first kappa shape index (κ1) is 13.8. The quantitative estimate of drug-likeness (QED) is 0.924. The third kappa shape index (κ3) is 3.22. The average molecular weight is 314 g/mol. The molecular formula is C13H20BrN3O. The van der Waals surface area contributed by atoms with Gasteiger partial charge in [0.05, 0.1) is 6.10 Å². The van der Waals surface area contributed by atoms with Gasteiger partial charge in [0.25, 0.3) is 0 Å². The molecule has 0 bridgehead atoms. The van der Waals surface area contributed by atoms with E-state index in [0.29, 0.717) is 6.10 Å². The number of nitrogens with one attached hydrogen (secondary N) is 1. The molecule has 0 radical (unpaired) electrons. The molecule has 4 nitrogen and oxygen atoms in total. The van der Waals surface area contributed by atoms with Crippen molar-refractivity contribution < 1.29 is 4.74 Å². The van der Waals surface area contributed by atoms with Gasteiger partial charge in [0.2, 0.25) is 0 Å². The Kier molecular flexibility index (Phi) is 4.97. The Hall–Kier alpha value is -0.650. The summed E-state index contributed by atoms with van der Waals surface area (Å²) in [5, 5.41) is 3.20. The molecule has 0 atom stereocenters. The van der Waals surface area contributed by atoms with E-state index in [1.807, 2.05) is 13.2 Å². The number of ether oxygens (including phenoxy) is 1. The molecule has 100 valence electrons. The summed E-state index contributed by atoms with van der Waals surface area (Å²) in [4.78, 5) is 6.93. The molecule has 1 aromatic heterocycles. The molecule has 0 spiro atoms. The second-order valence-electron chi connectivity index (χ2n) is 4.59. The minimum Gasteiger partial charge on any atom is -0.381 e. The number of halogens is 1. The van der Waals surface area contributed by atoms with Crippen LogP contribution in [0.5, 0.6) is 0 Å². The van der Waals surface area contributed by atoms with E-state index in [-0.39, 0.29) is 0 Å². The van der Waals surface area contributed by atoms with E-state index < -0.39 is 0 Å². The van der Waals surface area contributed by atoms with Gasteiger partial charge in [0.1, 0.15) is 5.82 Å². The summed E-state index contributed by atoms with van der Waals surface area (Å²) < 4.78 is 6.44. The smallest absolute Gasteiger partial charge is 0.133 e. The summed E-state index contributed by atoms with van der Waals surface area (Å²) in [6, 6.07) is 2.14. The van der Waals surface area contributed by atoms with E-state index in [2.05, 4.69) is 37.2 Å². The highest BCUT2D eigenvalue weighted by atomic mass is 79.9.